The summed E-state index contributed by atoms with van der Waals surface area (Å²) < 4.78 is 40.5. The van der Waals surface area contributed by atoms with Gasteiger partial charge in [-0.15, -0.1) is 0 Å². The highest BCUT2D eigenvalue weighted by Gasteiger charge is 2.21. The van der Waals surface area contributed by atoms with Gasteiger partial charge in [0, 0.05) is 6.04 Å². The number of hydrogen-bond acceptors (Lipinski definition) is 3. The molecule has 0 amide bonds. The van der Waals surface area contributed by atoms with Crippen LogP contribution in [0.4, 0.5) is 4.39 Å². The van der Waals surface area contributed by atoms with Gasteiger partial charge in [-0.3, -0.25) is 4.79 Å². The van der Waals surface area contributed by atoms with Gasteiger partial charge >= 0.3 is 0 Å². The molecule has 4 nitrogen and oxygen atoms in total. The fraction of sp³-hybridized carbons (Fsp3) is 0.133. The van der Waals surface area contributed by atoms with Crippen LogP contribution in [-0.4, -0.2) is 13.7 Å². The molecule has 1 unspecified atom stereocenters. The quantitative estimate of drug-likeness (QED) is 0.849. The third kappa shape index (κ3) is 3.71. The Kier molecular flexibility index (Phi) is 4.95. The summed E-state index contributed by atoms with van der Waals surface area (Å²) in [5.41, 5.74) is 0.304. The molecule has 0 aliphatic carbocycles. The molecule has 0 aliphatic rings. The molecule has 0 bridgehead atoms. The van der Waals surface area contributed by atoms with Crippen LogP contribution in [-0.2, 0) is 10.0 Å². The van der Waals surface area contributed by atoms with E-state index in [0.717, 1.165) is 23.8 Å². The van der Waals surface area contributed by atoms with Crippen LogP contribution in [0.3, 0.4) is 0 Å². The van der Waals surface area contributed by atoms with E-state index in [1.165, 1.54) is 0 Å². The molecule has 0 fully saturated rings. The van der Waals surface area contributed by atoms with Crippen molar-refractivity contribution in [3.05, 3.63) is 65.5 Å². The van der Waals surface area contributed by atoms with Crippen molar-refractivity contribution in [3.8, 4) is 0 Å². The first-order chi connectivity index (χ1) is 10.3. The summed E-state index contributed by atoms with van der Waals surface area (Å²) in [5, 5.41) is -1.05. The number of rotatable bonds is 5. The van der Waals surface area contributed by atoms with Crippen LogP contribution in [0.5, 0.6) is 0 Å². The van der Waals surface area contributed by atoms with E-state index in [4.69, 9.17) is 11.6 Å². The van der Waals surface area contributed by atoms with E-state index < -0.39 is 32.7 Å². The van der Waals surface area contributed by atoms with Gasteiger partial charge in [-0.2, -0.15) is 0 Å². The highest BCUT2D eigenvalue weighted by atomic mass is 35.5. The van der Waals surface area contributed by atoms with Crippen LogP contribution in [0.15, 0.2) is 53.4 Å². The Morgan fingerprint density at radius 3 is 2.41 bits per heavy atom. The molecule has 0 saturated carbocycles. The summed E-state index contributed by atoms with van der Waals surface area (Å²) in [5.74, 6) is -0.866. The van der Waals surface area contributed by atoms with Crippen molar-refractivity contribution in [1.29, 1.82) is 0 Å². The molecule has 0 saturated heterocycles. The molecule has 0 aromatic heterocycles. The lowest BCUT2D eigenvalue weighted by atomic mass is 10.1. The monoisotopic (exact) mass is 341 g/mol. The van der Waals surface area contributed by atoms with Gasteiger partial charge in [-0.05, 0) is 42.3 Å². The van der Waals surface area contributed by atoms with Gasteiger partial charge in [0.05, 0.1) is 10.5 Å². The summed E-state index contributed by atoms with van der Waals surface area (Å²) in [7, 11) is -3.91. The van der Waals surface area contributed by atoms with Gasteiger partial charge in [0.15, 0.2) is 0 Å². The average Bonchev–Trinajstić information content (AvgIpc) is 2.47. The fourth-order valence-electron chi connectivity index (χ4n) is 1.93. The summed E-state index contributed by atoms with van der Waals surface area (Å²) in [6.07, 6.45) is 0. The minimum absolute atomic E-state index is 0.222. The van der Waals surface area contributed by atoms with E-state index in [2.05, 4.69) is 4.72 Å². The second kappa shape index (κ2) is 6.56. The van der Waals surface area contributed by atoms with Crippen molar-refractivity contribution in [2.24, 2.45) is 0 Å². The Bertz CT molecular complexity index is 794. The van der Waals surface area contributed by atoms with Gasteiger partial charge in [0.1, 0.15) is 5.82 Å². The first-order valence-corrected chi connectivity index (χ1v) is 8.24. The topological polar surface area (TPSA) is 63.2 Å². The molecule has 0 spiro atoms. The van der Waals surface area contributed by atoms with Crippen LogP contribution in [0.25, 0.3) is 0 Å². The summed E-state index contributed by atoms with van der Waals surface area (Å²) in [6.45, 7) is 1.68. The maximum atomic E-state index is 13.4. The Morgan fingerprint density at radius 2 is 1.82 bits per heavy atom. The summed E-state index contributed by atoms with van der Waals surface area (Å²) in [4.78, 5) is 10.9. The molecular formula is C15H13ClFNO3S. The lowest BCUT2D eigenvalue weighted by Crippen LogP contribution is -2.27. The van der Waals surface area contributed by atoms with Crippen LogP contribution in [0.2, 0.25) is 0 Å². The van der Waals surface area contributed by atoms with Crippen molar-refractivity contribution >= 4 is 26.9 Å². The molecule has 0 aliphatic heterocycles. The maximum Gasteiger partial charge on any atom is 0.255 e. The molecule has 2 aromatic rings. The number of hydrogen-bond donors (Lipinski definition) is 1. The highest BCUT2D eigenvalue weighted by molar-refractivity contribution is 7.89. The number of carbonyl (C=O) groups is 1. The average molecular weight is 342 g/mol. The van der Waals surface area contributed by atoms with Gasteiger partial charge in [0.2, 0.25) is 10.0 Å². The van der Waals surface area contributed by atoms with Crippen molar-refractivity contribution in [2.45, 2.75) is 17.9 Å². The summed E-state index contributed by atoms with van der Waals surface area (Å²) >= 11 is 5.24. The number of nitrogens with one attached hydrogen (secondary N) is 1. The number of carbonyl (C=O) groups excluding carboxylic acids is 1. The normalized spacial score (nSPS) is 12.9. The molecule has 0 radical (unpaired) electrons. The van der Waals surface area contributed by atoms with Crippen molar-refractivity contribution in [2.75, 3.05) is 0 Å². The Balaban J connectivity index is 2.31. The second-order valence-corrected chi connectivity index (χ2v) is 6.73. The van der Waals surface area contributed by atoms with Crippen molar-refractivity contribution < 1.29 is 17.6 Å². The molecule has 22 heavy (non-hydrogen) atoms. The Hall–Kier alpha value is -1.76. The lowest BCUT2D eigenvalue weighted by Gasteiger charge is -2.15. The molecule has 116 valence electrons. The first-order valence-electron chi connectivity index (χ1n) is 6.38. The van der Waals surface area contributed by atoms with E-state index in [0.29, 0.717) is 0 Å². The minimum Gasteiger partial charge on any atom is -0.275 e. The number of halogens is 2. The number of benzene rings is 2. The van der Waals surface area contributed by atoms with E-state index in [-0.39, 0.29) is 4.90 Å². The third-order valence-electron chi connectivity index (χ3n) is 3.09. The maximum absolute atomic E-state index is 13.4. The Morgan fingerprint density at radius 1 is 1.18 bits per heavy atom. The van der Waals surface area contributed by atoms with Gasteiger partial charge in [0.25, 0.3) is 5.24 Å². The highest BCUT2D eigenvalue weighted by Crippen LogP contribution is 2.20. The largest absolute Gasteiger partial charge is 0.275 e. The predicted molar refractivity (Wildman–Crippen MR) is 81.8 cm³/mol. The van der Waals surface area contributed by atoms with Crippen molar-refractivity contribution in [1.82, 2.24) is 4.72 Å². The molecular weight excluding hydrogens is 329 g/mol. The van der Waals surface area contributed by atoms with E-state index in [1.807, 2.05) is 6.07 Å². The van der Waals surface area contributed by atoms with Crippen LogP contribution in [0.1, 0.15) is 28.9 Å². The zero-order chi connectivity index (χ0) is 16.3. The van der Waals surface area contributed by atoms with Gasteiger partial charge in [-0.25, -0.2) is 17.5 Å². The van der Waals surface area contributed by atoms with Gasteiger partial charge < -0.3 is 0 Å². The zero-order valence-corrected chi connectivity index (χ0v) is 13.2. The lowest BCUT2D eigenvalue weighted by molar-refractivity contribution is 0.107. The van der Waals surface area contributed by atoms with E-state index in [9.17, 15) is 17.6 Å². The minimum atomic E-state index is -3.91. The Labute approximate surface area is 133 Å². The molecule has 2 aromatic carbocycles. The second-order valence-electron chi connectivity index (χ2n) is 4.67. The van der Waals surface area contributed by atoms with E-state index >= 15 is 0 Å². The molecule has 1 N–H and O–H groups in total. The molecule has 1 atom stereocenters. The standard InChI is InChI=1S/C15H13ClFNO3S/c1-10(11-5-3-2-4-6-11)18-22(20,21)12-7-8-14(17)13(9-12)15(16)19/h2-10,18H,1H3. The smallest absolute Gasteiger partial charge is 0.255 e. The van der Waals surface area contributed by atoms with Crippen LogP contribution < -0.4 is 4.72 Å². The first kappa shape index (κ1) is 16.6. The van der Waals surface area contributed by atoms with Crippen molar-refractivity contribution in [3.63, 3.8) is 0 Å². The SMILES string of the molecule is CC(NS(=O)(=O)c1ccc(F)c(C(=O)Cl)c1)c1ccccc1. The van der Waals surface area contributed by atoms with Crippen LogP contribution in [0, 0.1) is 5.82 Å². The van der Waals surface area contributed by atoms with Gasteiger partial charge in [-0.1, -0.05) is 30.3 Å². The van der Waals surface area contributed by atoms with E-state index in [1.54, 1.807) is 31.2 Å². The van der Waals surface area contributed by atoms with Crippen LogP contribution >= 0.6 is 11.6 Å². The third-order valence-corrected chi connectivity index (χ3v) is 4.83. The number of sulfonamides is 1. The fourth-order valence-corrected chi connectivity index (χ4v) is 3.34. The summed E-state index contributed by atoms with van der Waals surface area (Å²) in [6, 6.07) is 11.4. The molecule has 2 rings (SSSR count). The molecule has 0 heterocycles. The molecule has 7 heteroatoms. The predicted octanol–water partition coefficient (Wildman–Crippen LogP) is 3.24. The zero-order valence-electron chi connectivity index (χ0n) is 11.6.